The maximum atomic E-state index is 13.1. The van der Waals surface area contributed by atoms with Gasteiger partial charge >= 0.3 is 0 Å². The summed E-state index contributed by atoms with van der Waals surface area (Å²) in [5, 5.41) is 3.13. The lowest BCUT2D eigenvalue weighted by Gasteiger charge is -2.08. The predicted molar refractivity (Wildman–Crippen MR) is 82.7 cm³/mol. The van der Waals surface area contributed by atoms with Gasteiger partial charge in [-0.3, -0.25) is 4.79 Å². The average molecular weight is 302 g/mol. The molecule has 1 amide bonds. The van der Waals surface area contributed by atoms with E-state index < -0.39 is 0 Å². The molecule has 22 heavy (non-hydrogen) atoms. The lowest BCUT2D eigenvalue weighted by Crippen LogP contribution is -2.21. The first-order chi connectivity index (χ1) is 10.6. The highest BCUT2D eigenvalue weighted by molar-refractivity contribution is 5.73. The number of hydrogen-bond donors (Lipinski definition) is 2. The third kappa shape index (κ3) is 5.54. The van der Waals surface area contributed by atoms with E-state index in [0.29, 0.717) is 26.1 Å². The Balaban J connectivity index is 1.78. The van der Waals surface area contributed by atoms with E-state index in [1.54, 1.807) is 6.07 Å². The Bertz CT molecular complexity index is 614. The van der Waals surface area contributed by atoms with Gasteiger partial charge < -0.3 is 15.8 Å². The number of ether oxygens (including phenoxy) is 1. The standard InChI is InChI=1S/C17H19FN2O2/c18-15-3-1-2-14(10-15)12-22-16-6-4-13(5-7-16)11-20-9-8-17(19)21/h1-7,10,20H,8-9,11-12H2,(H2,19,21). The van der Waals surface area contributed by atoms with Crippen LogP contribution in [0, 0.1) is 5.82 Å². The van der Waals surface area contributed by atoms with Gasteiger partial charge in [-0.05, 0) is 35.4 Å². The van der Waals surface area contributed by atoms with Gasteiger partial charge in [-0.1, -0.05) is 24.3 Å². The molecular weight excluding hydrogens is 283 g/mol. The Kier molecular flexibility index (Phi) is 5.91. The molecule has 0 saturated carbocycles. The molecule has 0 saturated heterocycles. The monoisotopic (exact) mass is 302 g/mol. The van der Waals surface area contributed by atoms with Crippen molar-refractivity contribution in [2.75, 3.05) is 6.54 Å². The van der Waals surface area contributed by atoms with Crippen LogP contribution in [0.2, 0.25) is 0 Å². The van der Waals surface area contributed by atoms with Crippen molar-refractivity contribution >= 4 is 5.91 Å². The molecule has 0 bridgehead atoms. The summed E-state index contributed by atoms with van der Waals surface area (Å²) >= 11 is 0. The van der Waals surface area contributed by atoms with Crippen LogP contribution in [-0.4, -0.2) is 12.5 Å². The largest absolute Gasteiger partial charge is 0.489 e. The van der Waals surface area contributed by atoms with Gasteiger partial charge in [-0.15, -0.1) is 0 Å². The minimum atomic E-state index is -0.311. The molecule has 0 spiro atoms. The van der Waals surface area contributed by atoms with E-state index >= 15 is 0 Å². The number of carbonyl (C=O) groups is 1. The second-order valence-corrected chi connectivity index (χ2v) is 4.96. The summed E-state index contributed by atoms with van der Waals surface area (Å²) in [6.07, 6.45) is 0.328. The van der Waals surface area contributed by atoms with E-state index in [1.807, 2.05) is 30.3 Å². The normalized spacial score (nSPS) is 10.4. The van der Waals surface area contributed by atoms with E-state index in [9.17, 15) is 9.18 Å². The molecule has 3 N–H and O–H groups in total. The van der Waals surface area contributed by atoms with Crippen molar-refractivity contribution in [3.8, 4) is 5.75 Å². The number of primary amides is 1. The lowest BCUT2D eigenvalue weighted by molar-refractivity contribution is -0.117. The van der Waals surface area contributed by atoms with Crippen molar-refractivity contribution in [1.82, 2.24) is 5.32 Å². The molecule has 0 fully saturated rings. The van der Waals surface area contributed by atoms with Crippen LogP contribution in [0.5, 0.6) is 5.75 Å². The van der Waals surface area contributed by atoms with Gasteiger partial charge in [0.15, 0.2) is 0 Å². The predicted octanol–water partition coefficient (Wildman–Crippen LogP) is 2.37. The molecule has 0 aliphatic rings. The van der Waals surface area contributed by atoms with E-state index in [4.69, 9.17) is 10.5 Å². The number of rotatable bonds is 8. The zero-order valence-electron chi connectivity index (χ0n) is 12.2. The van der Waals surface area contributed by atoms with Gasteiger partial charge in [-0.2, -0.15) is 0 Å². The quantitative estimate of drug-likeness (QED) is 0.736. The molecule has 0 aromatic heterocycles. The minimum absolute atomic E-state index is 0.265. The fourth-order valence-electron chi connectivity index (χ4n) is 1.94. The van der Waals surface area contributed by atoms with E-state index in [-0.39, 0.29) is 11.7 Å². The van der Waals surface area contributed by atoms with Crippen LogP contribution in [0.4, 0.5) is 4.39 Å². The topological polar surface area (TPSA) is 64.4 Å². The fraction of sp³-hybridized carbons (Fsp3) is 0.235. The Labute approximate surface area is 129 Å². The van der Waals surface area contributed by atoms with Crippen LogP contribution >= 0.6 is 0 Å². The van der Waals surface area contributed by atoms with E-state index in [1.165, 1.54) is 12.1 Å². The maximum absolute atomic E-state index is 13.1. The zero-order valence-corrected chi connectivity index (χ0v) is 12.2. The van der Waals surface area contributed by atoms with Crippen molar-refractivity contribution in [2.45, 2.75) is 19.6 Å². The Morgan fingerprint density at radius 3 is 2.59 bits per heavy atom. The summed E-state index contributed by atoms with van der Waals surface area (Å²) in [5.41, 5.74) is 6.94. The van der Waals surface area contributed by atoms with Gasteiger partial charge in [0.1, 0.15) is 18.2 Å². The molecule has 0 unspecified atom stereocenters. The van der Waals surface area contributed by atoms with Crippen molar-refractivity contribution in [3.05, 3.63) is 65.5 Å². The van der Waals surface area contributed by atoms with Gasteiger partial charge in [0, 0.05) is 19.5 Å². The number of nitrogens with one attached hydrogen (secondary N) is 1. The molecule has 0 radical (unpaired) electrons. The summed E-state index contributed by atoms with van der Waals surface area (Å²) in [6.45, 7) is 1.55. The Morgan fingerprint density at radius 2 is 1.91 bits per heavy atom. The number of halogens is 1. The lowest BCUT2D eigenvalue weighted by atomic mass is 10.2. The summed E-state index contributed by atoms with van der Waals surface area (Å²) in [4.78, 5) is 10.6. The number of amides is 1. The highest BCUT2D eigenvalue weighted by Crippen LogP contribution is 2.14. The van der Waals surface area contributed by atoms with Gasteiger partial charge in [0.05, 0.1) is 0 Å². The molecule has 2 aromatic rings. The van der Waals surface area contributed by atoms with Gasteiger partial charge in [0.2, 0.25) is 5.91 Å². The molecular formula is C17H19FN2O2. The molecule has 5 heteroatoms. The first kappa shape index (κ1) is 16.0. The van der Waals surface area contributed by atoms with Crippen LogP contribution < -0.4 is 15.8 Å². The Morgan fingerprint density at radius 1 is 1.14 bits per heavy atom. The van der Waals surface area contributed by atoms with Crippen LogP contribution in [0.3, 0.4) is 0 Å². The zero-order chi connectivity index (χ0) is 15.8. The van der Waals surface area contributed by atoms with Crippen molar-refractivity contribution in [3.63, 3.8) is 0 Å². The highest BCUT2D eigenvalue weighted by atomic mass is 19.1. The number of benzene rings is 2. The van der Waals surface area contributed by atoms with Crippen molar-refractivity contribution in [2.24, 2.45) is 5.73 Å². The smallest absolute Gasteiger partial charge is 0.218 e. The minimum Gasteiger partial charge on any atom is -0.489 e. The summed E-state index contributed by atoms with van der Waals surface area (Å²) in [5.74, 6) is 0.150. The first-order valence-corrected chi connectivity index (χ1v) is 7.09. The number of carbonyl (C=O) groups excluding carboxylic acids is 1. The highest BCUT2D eigenvalue weighted by Gasteiger charge is 1.99. The average Bonchev–Trinajstić information content (AvgIpc) is 2.51. The van der Waals surface area contributed by atoms with Gasteiger partial charge in [0.25, 0.3) is 0 Å². The maximum Gasteiger partial charge on any atom is 0.218 e. The third-order valence-corrected chi connectivity index (χ3v) is 3.10. The number of hydrogen-bond acceptors (Lipinski definition) is 3. The summed E-state index contributed by atoms with van der Waals surface area (Å²) < 4.78 is 18.7. The van der Waals surface area contributed by atoms with Crippen LogP contribution in [-0.2, 0) is 17.9 Å². The van der Waals surface area contributed by atoms with Crippen LogP contribution in [0.1, 0.15) is 17.5 Å². The second kappa shape index (κ2) is 8.14. The fourth-order valence-corrected chi connectivity index (χ4v) is 1.94. The first-order valence-electron chi connectivity index (χ1n) is 7.09. The van der Waals surface area contributed by atoms with Crippen molar-refractivity contribution in [1.29, 1.82) is 0 Å². The second-order valence-electron chi connectivity index (χ2n) is 4.96. The van der Waals surface area contributed by atoms with Crippen LogP contribution in [0.15, 0.2) is 48.5 Å². The molecule has 116 valence electrons. The molecule has 0 heterocycles. The van der Waals surface area contributed by atoms with Gasteiger partial charge in [-0.25, -0.2) is 4.39 Å². The van der Waals surface area contributed by atoms with E-state index in [2.05, 4.69) is 5.32 Å². The Hall–Kier alpha value is -2.40. The van der Waals surface area contributed by atoms with E-state index in [0.717, 1.165) is 16.9 Å². The molecule has 2 aromatic carbocycles. The van der Waals surface area contributed by atoms with Crippen LogP contribution in [0.25, 0.3) is 0 Å². The molecule has 0 atom stereocenters. The SMILES string of the molecule is NC(=O)CCNCc1ccc(OCc2cccc(F)c2)cc1. The van der Waals surface area contributed by atoms with Crippen molar-refractivity contribution < 1.29 is 13.9 Å². The molecule has 2 rings (SSSR count). The number of nitrogens with two attached hydrogens (primary N) is 1. The molecule has 0 aliphatic carbocycles. The molecule has 0 aliphatic heterocycles. The molecule has 4 nitrogen and oxygen atoms in total. The summed E-state index contributed by atoms with van der Waals surface area (Å²) in [7, 11) is 0. The third-order valence-electron chi connectivity index (χ3n) is 3.10. The summed E-state index contributed by atoms with van der Waals surface area (Å²) in [6, 6.07) is 14.0.